The first-order valence-corrected chi connectivity index (χ1v) is 8.36. The van der Waals surface area contributed by atoms with Gasteiger partial charge in [0, 0.05) is 13.0 Å². The number of hydrogen-bond acceptors (Lipinski definition) is 5. The van der Waals surface area contributed by atoms with Crippen molar-refractivity contribution in [3.8, 4) is 0 Å². The van der Waals surface area contributed by atoms with Crippen molar-refractivity contribution in [2.24, 2.45) is 11.8 Å². The molecule has 1 aliphatic heterocycles. The molecule has 2 aliphatic rings. The zero-order valence-electron chi connectivity index (χ0n) is 13.8. The Morgan fingerprint density at radius 3 is 2.87 bits per heavy atom. The van der Waals surface area contributed by atoms with Crippen molar-refractivity contribution in [2.45, 2.75) is 64.3 Å². The van der Waals surface area contributed by atoms with Crippen LogP contribution in [-0.4, -0.2) is 35.4 Å². The van der Waals surface area contributed by atoms with Gasteiger partial charge in [-0.15, -0.1) is 0 Å². The van der Waals surface area contributed by atoms with Gasteiger partial charge in [0.05, 0.1) is 12.2 Å². The minimum absolute atomic E-state index is 0.0576. The summed E-state index contributed by atoms with van der Waals surface area (Å²) in [5, 5.41) is 10.4. The third kappa shape index (κ3) is 5.50. The molecule has 23 heavy (non-hydrogen) atoms. The Labute approximate surface area is 137 Å². The van der Waals surface area contributed by atoms with Crippen molar-refractivity contribution in [1.29, 1.82) is 0 Å². The molecule has 0 amide bonds. The van der Waals surface area contributed by atoms with Crippen LogP contribution in [0.5, 0.6) is 0 Å². The molecule has 1 N–H and O–H groups in total. The first kappa shape index (κ1) is 17.7. The molecule has 128 valence electrons. The highest BCUT2D eigenvalue weighted by Crippen LogP contribution is 2.37. The van der Waals surface area contributed by atoms with Crippen LogP contribution in [0.2, 0.25) is 0 Å². The largest absolute Gasteiger partial charge is 0.463 e. The highest BCUT2D eigenvalue weighted by Gasteiger charge is 2.37. The maximum absolute atomic E-state index is 11.7. The average molecular weight is 322 g/mol. The second-order valence-corrected chi connectivity index (χ2v) is 6.49. The van der Waals surface area contributed by atoms with Gasteiger partial charge in [-0.25, -0.2) is 4.79 Å². The molecule has 0 radical (unpaired) electrons. The smallest absolute Gasteiger partial charge is 0.330 e. The Bertz CT molecular complexity index is 482. The highest BCUT2D eigenvalue weighted by molar-refractivity contribution is 5.82. The molecule has 5 nitrogen and oxygen atoms in total. The predicted octanol–water partition coefficient (Wildman–Crippen LogP) is 2.53. The lowest BCUT2D eigenvalue weighted by molar-refractivity contribution is -0.146. The van der Waals surface area contributed by atoms with Crippen LogP contribution in [0.1, 0.15) is 46.0 Å². The van der Waals surface area contributed by atoms with Crippen LogP contribution < -0.4 is 0 Å². The molecule has 0 aromatic rings. The van der Waals surface area contributed by atoms with Gasteiger partial charge >= 0.3 is 11.9 Å². The minimum Gasteiger partial charge on any atom is -0.463 e. The van der Waals surface area contributed by atoms with E-state index in [1.54, 1.807) is 0 Å². The van der Waals surface area contributed by atoms with Gasteiger partial charge < -0.3 is 14.6 Å². The molecule has 0 spiro atoms. The van der Waals surface area contributed by atoms with Gasteiger partial charge in [-0.05, 0) is 56.9 Å². The van der Waals surface area contributed by atoms with Gasteiger partial charge in [0.1, 0.15) is 6.10 Å². The summed E-state index contributed by atoms with van der Waals surface area (Å²) in [4.78, 5) is 22.9. The number of hydrogen-bond donors (Lipinski definition) is 1. The number of carbonyl (C=O) groups is 2. The molecule has 5 heteroatoms. The fourth-order valence-electron chi connectivity index (χ4n) is 3.41. The number of esters is 2. The zero-order valence-corrected chi connectivity index (χ0v) is 13.8. The van der Waals surface area contributed by atoms with Crippen LogP contribution in [0.4, 0.5) is 0 Å². The van der Waals surface area contributed by atoms with E-state index in [1.165, 1.54) is 19.1 Å². The van der Waals surface area contributed by atoms with E-state index in [0.717, 1.165) is 19.3 Å². The van der Waals surface area contributed by atoms with Crippen molar-refractivity contribution >= 4 is 11.9 Å². The summed E-state index contributed by atoms with van der Waals surface area (Å²) in [7, 11) is 0. The van der Waals surface area contributed by atoms with Crippen LogP contribution in [0.25, 0.3) is 0 Å². The van der Waals surface area contributed by atoms with Gasteiger partial charge in [-0.2, -0.15) is 0 Å². The molecular formula is C18H26O5. The van der Waals surface area contributed by atoms with E-state index >= 15 is 0 Å². The molecule has 1 fully saturated rings. The second-order valence-electron chi connectivity index (χ2n) is 6.49. The average Bonchev–Trinajstić information content (AvgIpc) is 2.85. The fourth-order valence-corrected chi connectivity index (χ4v) is 3.41. The zero-order chi connectivity index (χ0) is 16.8. The topological polar surface area (TPSA) is 72.8 Å². The summed E-state index contributed by atoms with van der Waals surface area (Å²) >= 11 is 0. The maximum atomic E-state index is 11.7. The number of rotatable bonds is 1. The summed E-state index contributed by atoms with van der Waals surface area (Å²) in [6.07, 6.45) is 9.99. The Morgan fingerprint density at radius 2 is 2.13 bits per heavy atom. The highest BCUT2D eigenvalue weighted by atomic mass is 16.5. The lowest BCUT2D eigenvalue weighted by Gasteiger charge is -2.19. The standard InChI is InChI=1S/C18H26O5/c1-12-6-4-3-5-7-14-10-15(23-13(2)19)11-16(14)17(20)8-9-18(21)22-12/h5,7-9,12,14-17,20H,3-4,6,10-11H2,1-2H3/b7-5-,9-8+/t12-,14+,15-,16+,17+/m0/s1. The Kier molecular flexibility index (Phi) is 6.39. The van der Waals surface area contributed by atoms with Crippen molar-refractivity contribution in [3.63, 3.8) is 0 Å². The number of fused-ring (bicyclic) bond motifs is 1. The predicted molar refractivity (Wildman–Crippen MR) is 85.5 cm³/mol. The van der Waals surface area contributed by atoms with E-state index in [2.05, 4.69) is 12.2 Å². The number of ether oxygens (including phenoxy) is 2. The summed E-state index contributed by atoms with van der Waals surface area (Å²) in [5.74, 6) is -0.628. The van der Waals surface area contributed by atoms with E-state index in [9.17, 15) is 14.7 Å². The lowest BCUT2D eigenvalue weighted by Crippen LogP contribution is -2.22. The molecule has 1 aliphatic carbocycles. The molecular weight excluding hydrogens is 296 g/mol. The molecule has 0 bridgehead atoms. The van der Waals surface area contributed by atoms with E-state index in [0.29, 0.717) is 12.8 Å². The Hall–Kier alpha value is -1.62. The first-order chi connectivity index (χ1) is 11.0. The van der Waals surface area contributed by atoms with Crippen LogP contribution in [-0.2, 0) is 19.1 Å². The van der Waals surface area contributed by atoms with E-state index in [1.807, 2.05) is 6.92 Å². The van der Waals surface area contributed by atoms with Crippen molar-refractivity contribution in [1.82, 2.24) is 0 Å². The molecule has 0 saturated heterocycles. The summed E-state index contributed by atoms with van der Waals surface area (Å²) in [6.45, 7) is 3.28. The Balaban J connectivity index is 2.11. The number of allylic oxidation sites excluding steroid dienone is 2. The van der Waals surface area contributed by atoms with Gasteiger partial charge in [-0.1, -0.05) is 12.2 Å². The molecule has 2 rings (SSSR count). The van der Waals surface area contributed by atoms with Gasteiger partial charge in [0.25, 0.3) is 0 Å². The fraction of sp³-hybridized carbons (Fsp3) is 0.667. The maximum Gasteiger partial charge on any atom is 0.330 e. The summed E-state index contributed by atoms with van der Waals surface area (Å²) in [6, 6.07) is 0. The van der Waals surface area contributed by atoms with Crippen LogP contribution in [0.3, 0.4) is 0 Å². The normalized spacial score (nSPS) is 38.2. The van der Waals surface area contributed by atoms with Crippen molar-refractivity contribution in [2.75, 3.05) is 0 Å². The van der Waals surface area contributed by atoms with Gasteiger partial charge in [0.15, 0.2) is 0 Å². The van der Waals surface area contributed by atoms with E-state index < -0.39 is 12.1 Å². The molecule has 0 aromatic carbocycles. The first-order valence-electron chi connectivity index (χ1n) is 8.36. The number of aliphatic hydroxyl groups excluding tert-OH is 1. The van der Waals surface area contributed by atoms with Crippen molar-refractivity contribution < 1.29 is 24.2 Å². The van der Waals surface area contributed by atoms with Crippen LogP contribution in [0, 0.1) is 11.8 Å². The Morgan fingerprint density at radius 1 is 1.35 bits per heavy atom. The number of aliphatic hydroxyl groups is 1. The molecule has 0 aromatic heterocycles. The van der Waals surface area contributed by atoms with E-state index in [4.69, 9.17) is 9.47 Å². The van der Waals surface area contributed by atoms with Crippen molar-refractivity contribution in [3.05, 3.63) is 24.3 Å². The second kappa shape index (κ2) is 8.29. The van der Waals surface area contributed by atoms with Crippen LogP contribution >= 0.6 is 0 Å². The third-order valence-electron chi connectivity index (χ3n) is 4.50. The quantitative estimate of drug-likeness (QED) is 0.593. The third-order valence-corrected chi connectivity index (χ3v) is 4.50. The summed E-state index contributed by atoms with van der Waals surface area (Å²) < 4.78 is 10.6. The molecule has 1 heterocycles. The van der Waals surface area contributed by atoms with Crippen LogP contribution in [0.15, 0.2) is 24.3 Å². The van der Waals surface area contributed by atoms with E-state index in [-0.39, 0.29) is 30.0 Å². The molecule has 5 atom stereocenters. The van der Waals surface area contributed by atoms with Gasteiger partial charge in [-0.3, -0.25) is 4.79 Å². The SMILES string of the molecule is CC(=O)O[C@@H]1C[C@H]2[C@H](O)/C=C/C(=O)O[C@@H](C)CCC/C=C\[C@@H]2C1. The number of carbonyl (C=O) groups excluding carboxylic acids is 2. The molecule has 1 saturated carbocycles. The minimum atomic E-state index is -0.756. The molecule has 0 unspecified atom stereocenters. The summed E-state index contributed by atoms with van der Waals surface area (Å²) in [5.41, 5.74) is 0. The van der Waals surface area contributed by atoms with Gasteiger partial charge in [0.2, 0.25) is 0 Å². The monoisotopic (exact) mass is 322 g/mol. The lowest BCUT2D eigenvalue weighted by atomic mass is 9.90. The number of cyclic esters (lactones) is 1.